The number of hydrogen-bond donors (Lipinski definition) is 2. The van der Waals surface area contributed by atoms with Gasteiger partial charge in [0.1, 0.15) is 12.2 Å². The Morgan fingerprint density at radius 2 is 1.71 bits per heavy atom. The highest BCUT2D eigenvalue weighted by Crippen LogP contribution is 2.44. The zero-order chi connectivity index (χ0) is 24.4. The summed E-state index contributed by atoms with van der Waals surface area (Å²) in [6.45, 7) is 1.72. The molecule has 0 unspecified atom stereocenters. The highest BCUT2D eigenvalue weighted by atomic mass is 16.5. The van der Waals surface area contributed by atoms with Crippen molar-refractivity contribution in [1.29, 1.82) is 0 Å². The molecular formula is C26H26N4O5. The van der Waals surface area contributed by atoms with Crippen LogP contribution in [0.25, 0.3) is 11.1 Å². The summed E-state index contributed by atoms with van der Waals surface area (Å²) in [7, 11) is 0. The third kappa shape index (κ3) is 4.49. The summed E-state index contributed by atoms with van der Waals surface area (Å²) in [6.07, 6.45) is 1.53. The van der Waals surface area contributed by atoms with Crippen molar-refractivity contribution in [2.75, 3.05) is 19.7 Å². The molecule has 5 rings (SSSR count). The Kier molecular flexibility index (Phi) is 6.22. The van der Waals surface area contributed by atoms with E-state index in [4.69, 9.17) is 4.74 Å². The van der Waals surface area contributed by atoms with Gasteiger partial charge in [-0.2, -0.15) is 5.10 Å². The van der Waals surface area contributed by atoms with E-state index in [1.807, 2.05) is 24.3 Å². The number of amides is 2. The lowest BCUT2D eigenvalue weighted by atomic mass is 9.98. The largest absolute Gasteiger partial charge is 0.478 e. The number of rotatable bonds is 7. The van der Waals surface area contributed by atoms with Crippen LogP contribution in [0.1, 0.15) is 45.9 Å². The number of aromatic nitrogens is 2. The zero-order valence-electron chi connectivity index (χ0n) is 19.1. The number of nitrogens with zero attached hydrogens (tertiary/aromatic N) is 3. The predicted molar refractivity (Wildman–Crippen MR) is 127 cm³/mol. The lowest BCUT2D eigenvalue weighted by Gasteiger charge is -2.28. The van der Waals surface area contributed by atoms with E-state index in [-0.39, 0.29) is 37.0 Å². The van der Waals surface area contributed by atoms with Gasteiger partial charge in [-0.05, 0) is 28.7 Å². The topological polar surface area (TPSA) is 114 Å². The molecule has 0 fully saturated rings. The van der Waals surface area contributed by atoms with Crippen LogP contribution in [0.4, 0.5) is 4.79 Å². The summed E-state index contributed by atoms with van der Waals surface area (Å²) >= 11 is 0. The molecule has 2 N–H and O–H groups in total. The molecule has 180 valence electrons. The SMILES string of the molecule is O=C(NCCCC(=O)N1CCn2ncc(C(=O)O)c2C1)OCC1c2ccccc2-c2ccccc21. The summed E-state index contributed by atoms with van der Waals surface area (Å²) in [5.41, 5.74) is 5.31. The van der Waals surface area contributed by atoms with Crippen LogP contribution in [-0.4, -0.2) is 57.5 Å². The van der Waals surface area contributed by atoms with Crippen LogP contribution >= 0.6 is 0 Å². The van der Waals surface area contributed by atoms with Crippen LogP contribution in [0.2, 0.25) is 0 Å². The highest BCUT2D eigenvalue weighted by Gasteiger charge is 2.29. The van der Waals surface area contributed by atoms with Crippen molar-refractivity contribution < 1.29 is 24.2 Å². The van der Waals surface area contributed by atoms with Crippen molar-refractivity contribution in [1.82, 2.24) is 20.0 Å². The lowest BCUT2D eigenvalue weighted by molar-refractivity contribution is -0.132. The summed E-state index contributed by atoms with van der Waals surface area (Å²) in [5.74, 6) is -1.13. The standard InChI is InChI=1S/C26H26N4O5/c31-24(29-12-13-30-23(15-29)21(14-28-30)25(32)33)10-5-11-27-26(34)35-16-22-19-8-3-1-6-17(19)18-7-2-4-9-20(18)22/h1-4,6-9,14,22H,5,10-13,15-16H2,(H,27,34)(H,32,33). The minimum absolute atomic E-state index is 0.00189. The number of fused-ring (bicyclic) bond motifs is 4. The molecule has 0 spiro atoms. The van der Waals surface area contributed by atoms with Gasteiger partial charge in [-0.1, -0.05) is 48.5 Å². The zero-order valence-corrected chi connectivity index (χ0v) is 19.1. The van der Waals surface area contributed by atoms with Crippen molar-refractivity contribution in [3.63, 3.8) is 0 Å². The molecule has 0 bridgehead atoms. The number of benzene rings is 2. The number of aromatic carboxylic acids is 1. The average molecular weight is 475 g/mol. The Morgan fingerprint density at radius 1 is 1.03 bits per heavy atom. The van der Waals surface area contributed by atoms with Gasteiger partial charge >= 0.3 is 12.1 Å². The van der Waals surface area contributed by atoms with Gasteiger partial charge in [0.15, 0.2) is 0 Å². The summed E-state index contributed by atoms with van der Waals surface area (Å²) in [4.78, 5) is 37.8. The molecular weight excluding hydrogens is 448 g/mol. The van der Waals surface area contributed by atoms with Gasteiger partial charge < -0.3 is 20.1 Å². The fraction of sp³-hybridized carbons (Fsp3) is 0.308. The average Bonchev–Trinajstić information content (AvgIpc) is 3.44. The highest BCUT2D eigenvalue weighted by molar-refractivity contribution is 5.89. The summed E-state index contributed by atoms with van der Waals surface area (Å²) < 4.78 is 7.15. The maximum atomic E-state index is 12.6. The number of carbonyl (C=O) groups is 3. The van der Waals surface area contributed by atoms with Crippen LogP contribution < -0.4 is 5.32 Å². The van der Waals surface area contributed by atoms with Crippen LogP contribution in [-0.2, 0) is 22.6 Å². The molecule has 2 heterocycles. The first kappa shape index (κ1) is 22.6. The first-order valence-electron chi connectivity index (χ1n) is 11.7. The summed E-state index contributed by atoms with van der Waals surface area (Å²) in [6, 6.07) is 16.3. The van der Waals surface area contributed by atoms with Gasteiger partial charge in [0.2, 0.25) is 5.91 Å². The van der Waals surface area contributed by atoms with Crippen LogP contribution in [0, 0.1) is 0 Å². The van der Waals surface area contributed by atoms with Crippen molar-refractivity contribution in [2.24, 2.45) is 0 Å². The normalized spacial score (nSPS) is 14.1. The van der Waals surface area contributed by atoms with Gasteiger partial charge in [-0.3, -0.25) is 9.48 Å². The van der Waals surface area contributed by atoms with Crippen LogP contribution in [0.15, 0.2) is 54.7 Å². The minimum Gasteiger partial charge on any atom is -0.478 e. The number of alkyl carbamates (subject to hydrolysis) is 1. The molecule has 0 atom stereocenters. The third-order valence-electron chi connectivity index (χ3n) is 6.63. The fourth-order valence-corrected chi connectivity index (χ4v) is 4.87. The number of hydrogen-bond acceptors (Lipinski definition) is 5. The van der Waals surface area contributed by atoms with Crippen molar-refractivity contribution in [2.45, 2.75) is 31.8 Å². The van der Waals surface area contributed by atoms with Gasteiger partial charge in [-0.15, -0.1) is 0 Å². The van der Waals surface area contributed by atoms with E-state index in [9.17, 15) is 19.5 Å². The third-order valence-corrected chi connectivity index (χ3v) is 6.63. The Hall–Kier alpha value is -4.14. The fourth-order valence-electron chi connectivity index (χ4n) is 4.87. The Bertz CT molecular complexity index is 1240. The summed E-state index contributed by atoms with van der Waals surface area (Å²) in [5, 5.41) is 16.1. The number of ether oxygens (including phenoxy) is 1. The van der Waals surface area contributed by atoms with Crippen molar-refractivity contribution in [3.05, 3.63) is 77.1 Å². The first-order chi connectivity index (χ1) is 17.0. The Balaban J connectivity index is 1.08. The Morgan fingerprint density at radius 3 is 2.40 bits per heavy atom. The lowest BCUT2D eigenvalue weighted by Crippen LogP contribution is -2.39. The van der Waals surface area contributed by atoms with E-state index in [2.05, 4.69) is 34.7 Å². The second-order valence-corrected chi connectivity index (χ2v) is 8.70. The van der Waals surface area contributed by atoms with Gasteiger partial charge in [0.05, 0.1) is 25.0 Å². The second kappa shape index (κ2) is 9.61. The number of nitrogens with one attached hydrogen (secondary N) is 1. The molecule has 9 heteroatoms. The predicted octanol–water partition coefficient (Wildman–Crippen LogP) is 3.24. The molecule has 1 aromatic heterocycles. The molecule has 1 aliphatic heterocycles. The second-order valence-electron chi connectivity index (χ2n) is 8.70. The van der Waals surface area contributed by atoms with E-state index < -0.39 is 12.1 Å². The molecule has 35 heavy (non-hydrogen) atoms. The molecule has 2 aliphatic rings. The molecule has 1 aliphatic carbocycles. The molecule has 3 aromatic rings. The molecule has 0 radical (unpaired) electrons. The molecule has 9 nitrogen and oxygen atoms in total. The van der Waals surface area contributed by atoms with Crippen molar-refractivity contribution >= 4 is 18.0 Å². The van der Waals surface area contributed by atoms with Gasteiger partial charge in [0, 0.05) is 25.4 Å². The molecule has 2 aromatic carbocycles. The number of carbonyl (C=O) groups excluding carboxylic acids is 2. The monoisotopic (exact) mass is 474 g/mol. The molecule has 2 amide bonds. The quantitative estimate of drug-likeness (QED) is 0.508. The smallest absolute Gasteiger partial charge is 0.407 e. The maximum Gasteiger partial charge on any atom is 0.407 e. The van der Waals surface area contributed by atoms with Gasteiger partial charge in [-0.25, -0.2) is 9.59 Å². The maximum absolute atomic E-state index is 12.6. The van der Waals surface area contributed by atoms with Crippen LogP contribution in [0.5, 0.6) is 0 Å². The van der Waals surface area contributed by atoms with Crippen molar-refractivity contribution in [3.8, 4) is 11.1 Å². The number of carboxylic acid groups (broad SMARTS) is 1. The van der Waals surface area contributed by atoms with E-state index in [0.29, 0.717) is 31.7 Å². The molecule has 0 saturated heterocycles. The van der Waals surface area contributed by atoms with Gasteiger partial charge in [0.25, 0.3) is 0 Å². The minimum atomic E-state index is -1.05. The Labute approximate surface area is 202 Å². The van der Waals surface area contributed by atoms with E-state index in [1.165, 1.54) is 17.3 Å². The van der Waals surface area contributed by atoms with E-state index in [1.54, 1.807) is 9.58 Å². The first-order valence-corrected chi connectivity index (χ1v) is 11.7. The number of carboxylic acids is 1. The van der Waals surface area contributed by atoms with Crippen LogP contribution in [0.3, 0.4) is 0 Å². The van der Waals surface area contributed by atoms with E-state index in [0.717, 1.165) is 11.1 Å². The molecule has 0 saturated carbocycles. The van der Waals surface area contributed by atoms with E-state index >= 15 is 0 Å².